The monoisotopic (exact) mass is 432 g/mol. The Bertz CT molecular complexity index is 1030. The third kappa shape index (κ3) is 5.24. The summed E-state index contributed by atoms with van der Waals surface area (Å²) in [5.74, 6) is 1.05. The number of sulfonamides is 1. The molecule has 7 nitrogen and oxygen atoms in total. The Hall–Kier alpha value is -2.74. The van der Waals surface area contributed by atoms with E-state index < -0.39 is 10.0 Å². The number of hydrogen-bond donors (Lipinski definition) is 1. The van der Waals surface area contributed by atoms with Crippen molar-refractivity contribution in [3.05, 3.63) is 53.6 Å². The fourth-order valence-corrected chi connectivity index (χ4v) is 3.92. The van der Waals surface area contributed by atoms with Crippen LogP contribution in [0.4, 0.5) is 5.69 Å². The van der Waals surface area contributed by atoms with Gasteiger partial charge in [-0.25, -0.2) is 8.42 Å². The first kappa shape index (κ1) is 22.0. The molecule has 1 N–H and O–H groups in total. The number of aryl methyl sites for hydroxylation is 1. The van der Waals surface area contributed by atoms with E-state index in [1.165, 1.54) is 11.4 Å². The van der Waals surface area contributed by atoms with Crippen LogP contribution in [-0.4, -0.2) is 39.8 Å². The number of carbonyl (C=O) groups excluding carboxylic acids is 1. The van der Waals surface area contributed by atoms with E-state index in [1.807, 2.05) is 39.0 Å². The molecule has 1 heterocycles. The van der Waals surface area contributed by atoms with Crippen LogP contribution in [0.25, 0.3) is 0 Å². The number of amides is 1. The van der Waals surface area contributed by atoms with Gasteiger partial charge in [0.15, 0.2) is 6.61 Å². The van der Waals surface area contributed by atoms with Gasteiger partial charge in [0, 0.05) is 19.0 Å². The van der Waals surface area contributed by atoms with Crippen LogP contribution in [0.5, 0.6) is 11.5 Å². The number of rotatable bonds is 6. The third-order valence-corrected chi connectivity index (χ3v) is 6.24. The zero-order valence-electron chi connectivity index (χ0n) is 17.9. The van der Waals surface area contributed by atoms with E-state index in [2.05, 4.69) is 5.32 Å². The molecule has 0 bridgehead atoms. The van der Waals surface area contributed by atoms with Crippen LogP contribution in [-0.2, 0) is 14.8 Å². The van der Waals surface area contributed by atoms with Gasteiger partial charge < -0.3 is 14.8 Å². The Morgan fingerprint density at radius 3 is 2.53 bits per heavy atom. The molecule has 0 aromatic heterocycles. The van der Waals surface area contributed by atoms with Crippen LogP contribution in [0.2, 0.25) is 0 Å². The van der Waals surface area contributed by atoms with Crippen molar-refractivity contribution in [2.45, 2.75) is 38.8 Å². The molecule has 0 radical (unpaired) electrons. The van der Waals surface area contributed by atoms with Crippen molar-refractivity contribution >= 4 is 21.6 Å². The molecule has 0 saturated heterocycles. The number of anilines is 1. The van der Waals surface area contributed by atoms with E-state index >= 15 is 0 Å². The van der Waals surface area contributed by atoms with E-state index in [9.17, 15) is 13.2 Å². The molecule has 0 spiro atoms. The predicted molar refractivity (Wildman–Crippen MR) is 117 cm³/mol. The second-order valence-electron chi connectivity index (χ2n) is 8.24. The highest BCUT2D eigenvalue weighted by atomic mass is 32.2. The van der Waals surface area contributed by atoms with Crippen LogP contribution in [0, 0.1) is 6.92 Å². The van der Waals surface area contributed by atoms with Crippen molar-refractivity contribution < 1.29 is 22.7 Å². The fourth-order valence-electron chi connectivity index (χ4n) is 3.42. The van der Waals surface area contributed by atoms with E-state index in [-0.39, 0.29) is 24.2 Å². The summed E-state index contributed by atoms with van der Waals surface area (Å²) < 4.78 is 36.0. The Kier molecular flexibility index (Phi) is 5.99. The van der Waals surface area contributed by atoms with Crippen LogP contribution < -0.4 is 19.1 Å². The molecule has 1 atom stereocenters. The summed E-state index contributed by atoms with van der Waals surface area (Å²) in [5.41, 5.74) is 2.19. The minimum absolute atomic E-state index is 0.139. The number of ether oxygens (including phenoxy) is 2. The van der Waals surface area contributed by atoms with E-state index in [0.29, 0.717) is 17.9 Å². The lowest BCUT2D eigenvalue weighted by Gasteiger charge is -2.38. The number of fused-ring (bicyclic) bond motifs is 1. The molecule has 1 aliphatic heterocycles. The summed E-state index contributed by atoms with van der Waals surface area (Å²) in [5, 5.41) is 3.04. The summed E-state index contributed by atoms with van der Waals surface area (Å²) >= 11 is 0. The first-order valence-electron chi connectivity index (χ1n) is 9.70. The van der Waals surface area contributed by atoms with Gasteiger partial charge in [-0.05, 0) is 56.7 Å². The lowest BCUT2D eigenvalue weighted by molar-refractivity contribution is -0.124. The van der Waals surface area contributed by atoms with Crippen molar-refractivity contribution in [2.75, 3.05) is 24.2 Å². The van der Waals surface area contributed by atoms with Crippen LogP contribution >= 0.6 is 0 Å². The average Bonchev–Trinajstić information content (AvgIpc) is 2.64. The molecule has 2 aromatic carbocycles. The number of carbonyl (C=O) groups is 1. The molecule has 3 rings (SSSR count). The van der Waals surface area contributed by atoms with Gasteiger partial charge in [0.25, 0.3) is 5.91 Å². The van der Waals surface area contributed by atoms with E-state index in [0.717, 1.165) is 23.1 Å². The molecule has 1 amide bonds. The minimum Gasteiger partial charge on any atom is -0.487 e. The van der Waals surface area contributed by atoms with Gasteiger partial charge in [-0.1, -0.05) is 12.1 Å². The van der Waals surface area contributed by atoms with Gasteiger partial charge in [0.05, 0.1) is 18.0 Å². The van der Waals surface area contributed by atoms with Gasteiger partial charge in [-0.2, -0.15) is 0 Å². The second kappa shape index (κ2) is 8.18. The van der Waals surface area contributed by atoms with Crippen molar-refractivity contribution in [1.82, 2.24) is 5.32 Å². The van der Waals surface area contributed by atoms with Crippen molar-refractivity contribution in [1.29, 1.82) is 0 Å². The SMILES string of the molecule is Cc1ccc2c(c1)OC(C)(C)C[C@@H]2NC(=O)COc1ccc(N(C)S(C)(=O)=O)cc1. The Balaban J connectivity index is 1.63. The molecule has 2 aromatic rings. The topological polar surface area (TPSA) is 84.9 Å². The van der Waals surface area contributed by atoms with E-state index in [4.69, 9.17) is 9.47 Å². The van der Waals surface area contributed by atoms with Crippen LogP contribution in [0.3, 0.4) is 0 Å². The second-order valence-corrected chi connectivity index (χ2v) is 10.3. The first-order valence-corrected chi connectivity index (χ1v) is 11.6. The van der Waals surface area contributed by atoms with Crippen molar-refractivity contribution in [3.8, 4) is 11.5 Å². The molecular formula is C22H28N2O5S. The summed E-state index contributed by atoms with van der Waals surface area (Å²) in [7, 11) is -1.85. The minimum atomic E-state index is -3.33. The zero-order valence-corrected chi connectivity index (χ0v) is 18.7. The summed E-state index contributed by atoms with van der Waals surface area (Å²) in [6.07, 6.45) is 1.79. The molecule has 162 valence electrons. The maximum atomic E-state index is 12.5. The summed E-state index contributed by atoms with van der Waals surface area (Å²) in [4.78, 5) is 12.5. The third-order valence-electron chi connectivity index (χ3n) is 5.03. The molecular weight excluding hydrogens is 404 g/mol. The van der Waals surface area contributed by atoms with Crippen LogP contribution in [0.15, 0.2) is 42.5 Å². The van der Waals surface area contributed by atoms with E-state index in [1.54, 1.807) is 24.3 Å². The van der Waals surface area contributed by atoms with Gasteiger partial charge in [0.1, 0.15) is 17.1 Å². The molecule has 0 fully saturated rings. The predicted octanol–water partition coefficient (Wildman–Crippen LogP) is 3.19. The fraction of sp³-hybridized carbons (Fsp3) is 0.409. The van der Waals surface area contributed by atoms with Crippen molar-refractivity contribution in [3.63, 3.8) is 0 Å². The first-order chi connectivity index (χ1) is 13.9. The van der Waals surface area contributed by atoms with Crippen LogP contribution in [0.1, 0.15) is 37.4 Å². The van der Waals surface area contributed by atoms with Gasteiger partial charge in [-0.3, -0.25) is 9.10 Å². The molecule has 0 unspecified atom stereocenters. The largest absolute Gasteiger partial charge is 0.487 e. The maximum Gasteiger partial charge on any atom is 0.258 e. The van der Waals surface area contributed by atoms with Gasteiger partial charge >= 0.3 is 0 Å². The molecule has 0 saturated carbocycles. The summed E-state index contributed by atoms with van der Waals surface area (Å²) in [6.45, 7) is 5.87. The smallest absolute Gasteiger partial charge is 0.258 e. The number of hydrogen-bond acceptors (Lipinski definition) is 5. The normalized spacial score (nSPS) is 17.4. The lowest BCUT2D eigenvalue weighted by Crippen LogP contribution is -2.42. The molecule has 0 aliphatic carbocycles. The average molecular weight is 433 g/mol. The Morgan fingerprint density at radius 2 is 1.90 bits per heavy atom. The Labute approximate surface area is 178 Å². The number of nitrogens with one attached hydrogen (secondary N) is 1. The summed E-state index contributed by atoms with van der Waals surface area (Å²) in [6, 6.07) is 12.4. The zero-order chi connectivity index (χ0) is 22.1. The quantitative estimate of drug-likeness (QED) is 0.758. The number of benzene rings is 2. The lowest BCUT2D eigenvalue weighted by atomic mass is 9.89. The highest BCUT2D eigenvalue weighted by Crippen LogP contribution is 2.39. The highest BCUT2D eigenvalue weighted by Gasteiger charge is 2.34. The Morgan fingerprint density at radius 1 is 1.23 bits per heavy atom. The van der Waals surface area contributed by atoms with Gasteiger partial charge in [-0.15, -0.1) is 0 Å². The highest BCUT2D eigenvalue weighted by molar-refractivity contribution is 7.92. The van der Waals surface area contributed by atoms with Crippen molar-refractivity contribution in [2.24, 2.45) is 0 Å². The number of nitrogens with zero attached hydrogens (tertiary/aromatic N) is 1. The molecule has 30 heavy (non-hydrogen) atoms. The van der Waals surface area contributed by atoms with Gasteiger partial charge in [0.2, 0.25) is 10.0 Å². The molecule has 8 heteroatoms. The standard InChI is InChI=1S/C22H28N2O5S/c1-15-6-11-18-19(13-22(2,3)29-20(18)12-15)23-21(25)14-28-17-9-7-16(8-10-17)24(4)30(5,26)27/h6-12,19H,13-14H2,1-5H3,(H,23,25)/t19-/m0/s1. The maximum absolute atomic E-state index is 12.5. The molecule has 1 aliphatic rings.